The molecular weight excluding hydrogens is 568 g/mol. The highest BCUT2D eigenvalue weighted by Gasteiger charge is 2.70. The number of hydrogen-bond acceptors (Lipinski definition) is 3. The monoisotopic (exact) mass is 639 g/mol. The van der Waals surface area contributed by atoms with E-state index in [2.05, 4.69) is 53.4 Å². The summed E-state index contributed by atoms with van der Waals surface area (Å²) in [6.45, 7) is 23.3. The molecular formula is C41H70N2O3. The Balaban J connectivity index is 0.00000100. The predicted octanol–water partition coefficient (Wildman–Crippen LogP) is 8.92. The van der Waals surface area contributed by atoms with Crippen molar-refractivity contribution in [1.29, 1.82) is 0 Å². The first kappa shape index (κ1) is 35.9. The molecule has 1 N–H and O–H groups in total. The van der Waals surface area contributed by atoms with E-state index in [1.54, 1.807) is 6.08 Å². The van der Waals surface area contributed by atoms with E-state index in [1.165, 1.54) is 57.8 Å². The van der Waals surface area contributed by atoms with Crippen molar-refractivity contribution in [3.8, 4) is 0 Å². The maximum atomic E-state index is 14.4. The molecule has 5 nitrogen and oxygen atoms in total. The van der Waals surface area contributed by atoms with Gasteiger partial charge in [-0.3, -0.25) is 9.59 Å². The molecule has 6 aliphatic carbocycles. The summed E-state index contributed by atoms with van der Waals surface area (Å²) in [6, 6.07) is 0.149. The topological polar surface area (TPSA) is 58.6 Å². The summed E-state index contributed by atoms with van der Waals surface area (Å²) in [7, 11) is 0. The average molecular weight is 639 g/mol. The lowest BCUT2D eigenvalue weighted by molar-refractivity contribution is -0.228. The Bertz CT molecular complexity index is 1130. The molecule has 7 fully saturated rings. The van der Waals surface area contributed by atoms with E-state index in [4.69, 9.17) is 4.74 Å². The molecule has 0 aromatic rings. The molecule has 0 spiro atoms. The van der Waals surface area contributed by atoms with Crippen LogP contribution in [0.15, 0.2) is 12.7 Å². The molecule has 1 aliphatic heterocycles. The molecule has 7 rings (SSSR count). The Hall–Kier alpha value is -1.36. The molecule has 6 saturated carbocycles. The quantitative estimate of drug-likeness (QED) is 0.314. The van der Waals surface area contributed by atoms with E-state index in [1.807, 2.05) is 11.8 Å². The number of ether oxygens (including phenoxy) is 1. The summed E-state index contributed by atoms with van der Waals surface area (Å²) in [5, 5.41) is 3.58. The van der Waals surface area contributed by atoms with Crippen LogP contribution in [0.5, 0.6) is 0 Å². The van der Waals surface area contributed by atoms with Crippen molar-refractivity contribution < 1.29 is 14.3 Å². The maximum absolute atomic E-state index is 14.4. The zero-order valence-corrected chi connectivity index (χ0v) is 30.0. The fourth-order valence-electron chi connectivity index (χ4n) is 13.4. The van der Waals surface area contributed by atoms with Crippen LogP contribution in [0.2, 0.25) is 0 Å². The van der Waals surface area contributed by atoms with Crippen molar-refractivity contribution in [3.05, 3.63) is 12.7 Å². The minimum Gasteiger partial charge on any atom is -0.378 e. The normalized spacial score (nSPS) is 49.2. The molecule has 1 saturated heterocycles. The fraction of sp³-hybridized carbons (Fsp3) is 0.902. The summed E-state index contributed by atoms with van der Waals surface area (Å²) in [5.41, 5.74) is 1.04. The van der Waals surface area contributed by atoms with Crippen molar-refractivity contribution in [2.24, 2.45) is 69.0 Å². The number of hydrogen-bond donors (Lipinski definition) is 1. The van der Waals surface area contributed by atoms with Gasteiger partial charge in [0.2, 0.25) is 11.8 Å². The second-order valence-electron chi connectivity index (χ2n) is 17.9. The van der Waals surface area contributed by atoms with Crippen LogP contribution in [-0.4, -0.2) is 49.1 Å². The lowest BCUT2D eigenvalue weighted by Crippen LogP contribution is -2.66. The van der Waals surface area contributed by atoms with Gasteiger partial charge in [0.05, 0.1) is 18.6 Å². The molecule has 13 atom stereocenters. The number of nitrogens with one attached hydrogen (secondary N) is 1. The van der Waals surface area contributed by atoms with Crippen LogP contribution in [-0.2, 0) is 14.3 Å². The molecule has 0 bridgehead atoms. The highest BCUT2D eigenvalue weighted by molar-refractivity contribution is 5.85. The number of morpholine rings is 1. The number of allylic oxidation sites excluding steroid dienone is 1. The summed E-state index contributed by atoms with van der Waals surface area (Å²) in [5.74, 6) is 5.56. The number of rotatable bonds is 3. The van der Waals surface area contributed by atoms with Gasteiger partial charge in [-0.1, -0.05) is 61.5 Å². The Kier molecular flexibility index (Phi) is 10.3. The number of fused-ring (bicyclic) bond motifs is 7. The van der Waals surface area contributed by atoms with E-state index in [0.717, 1.165) is 42.9 Å². The van der Waals surface area contributed by atoms with Crippen LogP contribution in [0.25, 0.3) is 0 Å². The van der Waals surface area contributed by atoms with Gasteiger partial charge in [-0.25, -0.2) is 0 Å². The van der Waals surface area contributed by atoms with Gasteiger partial charge in [0.1, 0.15) is 0 Å². The lowest BCUT2D eigenvalue weighted by Gasteiger charge is -2.71. The average Bonchev–Trinajstić information content (AvgIpc) is 3.47. The summed E-state index contributed by atoms with van der Waals surface area (Å²) >= 11 is 0. The number of nitrogens with zero attached hydrogens (tertiary/aromatic N) is 1. The number of carbonyl (C=O) groups excluding carboxylic acids is 2. The van der Waals surface area contributed by atoms with E-state index in [9.17, 15) is 9.59 Å². The van der Waals surface area contributed by atoms with Gasteiger partial charge in [0.25, 0.3) is 0 Å². The van der Waals surface area contributed by atoms with Gasteiger partial charge < -0.3 is 15.0 Å². The largest absolute Gasteiger partial charge is 0.378 e. The highest BCUT2D eigenvalue weighted by Crippen LogP contribution is 2.76. The molecule has 2 amide bonds. The predicted molar refractivity (Wildman–Crippen MR) is 189 cm³/mol. The molecule has 5 heteroatoms. The summed E-state index contributed by atoms with van der Waals surface area (Å²) in [4.78, 5) is 29.5. The van der Waals surface area contributed by atoms with Crippen LogP contribution in [0, 0.1) is 69.0 Å². The first-order chi connectivity index (χ1) is 21.4. The molecule has 0 radical (unpaired) electrons. The minimum atomic E-state index is -0.178. The Labute approximate surface area is 282 Å². The SMILES string of the molecule is C.C=CC.CC1CCC2(C)C(CCC3(C)C2CCC2C4CCCC4(C(=O)NC4CC(C(=O)N5CCOCC5)C4C)CC[C@]23C)C1C. The third-order valence-corrected chi connectivity index (χ3v) is 16.6. The third kappa shape index (κ3) is 5.25. The van der Waals surface area contributed by atoms with E-state index in [-0.39, 0.29) is 36.6 Å². The van der Waals surface area contributed by atoms with Gasteiger partial charge >= 0.3 is 0 Å². The standard InChI is InChI=1S/C37H60N2O3.C3H6.CH4/c1-23-11-14-34(4)27(24(23)2)12-15-36(6)31(34)10-9-28-29-8-7-13-37(29,17-16-35(28,36)5)33(41)38-30-22-26(25(30)3)32(40)39-18-20-42-21-19-39;1-3-2;/h23-31H,7-22H2,1-6H3,(H,38,41);3H,1H2,2H3;1H4/t23?,24?,25?,26?,27?,28?,29?,30?,31?,34?,35-,36?,37?;;/m1../s1. The van der Waals surface area contributed by atoms with Crippen molar-refractivity contribution in [3.63, 3.8) is 0 Å². The molecule has 0 aromatic carbocycles. The smallest absolute Gasteiger partial charge is 0.226 e. The fourth-order valence-corrected chi connectivity index (χ4v) is 13.4. The Morgan fingerprint density at radius 1 is 0.826 bits per heavy atom. The van der Waals surface area contributed by atoms with Crippen LogP contribution in [0.4, 0.5) is 0 Å². The lowest BCUT2D eigenvalue weighted by atomic mass is 9.33. The van der Waals surface area contributed by atoms with Gasteiger partial charge in [-0.15, -0.1) is 6.58 Å². The summed E-state index contributed by atoms with van der Waals surface area (Å²) < 4.78 is 5.45. The molecule has 1 heterocycles. The van der Waals surface area contributed by atoms with Crippen molar-refractivity contribution in [2.45, 2.75) is 139 Å². The van der Waals surface area contributed by atoms with Crippen LogP contribution >= 0.6 is 0 Å². The van der Waals surface area contributed by atoms with Crippen LogP contribution in [0.3, 0.4) is 0 Å². The third-order valence-electron chi connectivity index (χ3n) is 16.6. The van der Waals surface area contributed by atoms with Crippen molar-refractivity contribution >= 4 is 11.8 Å². The zero-order chi connectivity index (χ0) is 32.4. The zero-order valence-electron chi connectivity index (χ0n) is 30.0. The van der Waals surface area contributed by atoms with Crippen LogP contribution in [0.1, 0.15) is 133 Å². The Morgan fingerprint density at radius 2 is 1.52 bits per heavy atom. The molecule has 0 aromatic heterocycles. The first-order valence-electron chi connectivity index (χ1n) is 19.1. The first-order valence-corrected chi connectivity index (χ1v) is 19.1. The molecule has 46 heavy (non-hydrogen) atoms. The van der Waals surface area contributed by atoms with Crippen LogP contribution < -0.4 is 5.32 Å². The van der Waals surface area contributed by atoms with Gasteiger partial charge in [-0.2, -0.15) is 0 Å². The van der Waals surface area contributed by atoms with E-state index >= 15 is 0 Å². The molecule has 12 unspecified atom stereocenters. The minimum absolute atomic E-state index is 0. The Morgan fingerprint density at radius 3 is 2.20 bits per heavy atom. The van der Waals surface area contributed by atoms with E-state index in [0.29, 0.717) is 60.3 Å². The van der Waals surface area contributed by atoms with Gasteiger partial charge in [0.15, 0.2) is 0 Å². The van der Waals surface area contributed by atoms with Crippen molar-refractivity contribution in [1.82, 2.24) is 10.2 Å². The van der Waals surface area contributed by atoms with E-state index < -0.39 is 0 Å². The van der Waals surface area contributed by atoms with Crippen molar-refractivity contribution in [2.75, 3.05) is 26.3 Å². The summed E-state index contributed by atoms with van der Waals surface area (Å²) in [6.07, 6.45) is 16.7. The van der Waals surface area contributed by atoms with Gasteiger partial charge in [-0.05, 0) is 135 Å². The molecule has 7 aliphatic rings. The van der Waals surface area contributed by atoms with Gasteiger partial charge in [0, 0.05) is 25.0 Å². The second kappa shape index (κ2) is 13.2. The highest BCUT2D eigenvalue weighted by atomic mass is 16.5. The second-order valence-corrected chi connectivity index (χ2v) is 17.9. The number of carbonyl (C=O) groups is 2. The maximum Gasteiger partial charge on any atom is 0.226 e. The molecule has 262 valence electrons. The number of amides is 2.